The molecule has 1 rings (SSSR count). The van der Waals surface area contributed by atoms with Gasteiger partial charge in [-0.25, -0.2) is 0 Å². The predicted octanol–water partition coefficient (Wildman–Crippen LogP) is -0.283. The summed E-state index contributed by atoms with van der Waals surface area (Å²) in [6.07, 6.45) is 1.23. The minimum atomic E-state index is -1.95. The lowest BCUT2D eigenvalue weighted by atomic mass is 9.99. The van der Waals surface area contributed by atoms with Crippen LogP contribution in [0.2, 0.25) is 0 Å². The van der Waals surface area contributed by atoms with Gasteiger partial charge >= 0.3 is 0 Å². The van der Waals surface area contributed by atoms with Crippen molar-refractivity contribution in [2.24, 2.45) is 0 Å². The highest BCUT2D eigenvalue weighted by atomic mass is 16.6. The number of rotatable bonds is 4. The van der Waals surface area contributed by atoms with E-state index in [-0.39, 0.29) is 12.8 Å². The molecule has 5 heteroatoms. The maximum Gasteiger partial charge on any atom is 0.189 e. The molecule has 0 aromatic rings. The lowest BCUT2D eigenvalue weighted by Crippen LogP contribution is -2.44. The van der Waals surface area contributed by atoms with E-state index in [1.165, 1.54) is 0 Å². The summed E-state index contributed by atoms with van der Waals surface area (Å²) in [5, 5.41) is 36.8. The van der Waals surface area contributed by atoms with Crippen LogP contribution in [-0.2, 0) is 4.74 Å². The Morgan fingerprint density at radius 1 is 1.20 bits per heavy atom. The van der Waals surface area contributed by atoms with Gasteiger partial charge in [-0.1, -0.05) is 12.8 Å². The van der Waals surface area contributed by atoms with Crippen LogP contribution in [0.5, 0.6) is 0 Å². The van der Waals surface area contributed by atoms with E-state index in [1.807, 2.05) is 0 Å². The zero-order valence-corrected chi connectivity index (χ0v) is 8.80. The Morgan fingerprint density at radius 2 is 1.93 bits per heavy atom. The van der Waals surface area contributed by atoms with Crippen LogP contribution in [0.25, 0.3) is 0 Å². The Morgan fingerprint density at radius 3 is 2.60 bits per heavy atom. The van der Waals surface area contributed by atoms with Crippen LogP contribution in [0.15, 0.2) is 0 Å². The predicted molar refractivity (Wildman–Crippen MR) is 52.8 cm³/mol. The van der Waals surface area contributed by atoms with E-state index >= 15 is 0 Å². The average molecular weight is 220 g/mol. The summed E-state index contributed by atoms with van der Waals surface area (Å²) in [7, 11) is 0. The molecule has 90 valence electrons. The van der Waals surface area contributed by atoms with Crippen molar-refractivity contribution in [2.75, 3.05) is 6.61 Å². The van der Waals surface area contributed by atoms with Crippen LogP contribution in [0.4, 0.5) is 0 Å². The van der Waals surface area contributed by atoms with Gasteiger partial charge in [-0.05, 0) is 12.8 Å². The average Bonchev–Trinajstić information content (AvgIpc) is 2.43. The van der Waals surface area contributed by atoms with E-state index in [1.54, 1.807) is 0 Å². The maximum atomic E-state index is 9.72. The van der Waals surface area contributed by atoms with Gasteiger partial charge in [-0.2, -0.15) is 0 Å². The SMILES string of the molecule is OC(O)CCC(O)(O)C1CCCCCO1. The first-order valence-electron chi connectivity index (χ1n) is 5.45. The van der Waals surface area contributed by atoms with Crippen molar-refractivity contribution in [1.82, 2.24) is 0 Å². The zero-order chi connectivity index (χ0) is 11.3. The Hall–Kier alpha value is -0.200. The molecule has 0 aliphatic carbocycles. The summed E-state index contributed by atoms with van der Waals surface area (Å²) in [6, 6.07) is 0. The molecule has 15 heavy (non-hydrogen) atoms. The molecular formula is C10H20O5. The van der Waals surface area contributed by atoms with Gasteiger partial charge in [-0.15, -0.1) is 0 Å². The number of ether oxygens (including phenoxy) is 1. The Balaban J connectivity index is 2.42. The maximum absolute atomic E-state index is 9.72. The molecule has 0 aromatic carbocycles. The normalized spacial score (nSPS) is 24.2. The lowest BCUT2D eigenvalue weighted by Gasteiger charge is -2.30. The highest BCUT2D eigenvalue weighted by molar-refractivity contribution is 4.78. The Kier molecular flexibility index (Phi) is 4.95. The van der Waals surface area contributed by atoms with Crippen LogP contribution in [0.3, 0.4) is 0 Å². The van der Waals surface area contributed by atoms with E-state index in [0.717, 1.165) is 19.3 Å². The lowest BCUT2D eigenvalue weighted by molar-refractivity contribution is -0.247. The largest absolute Gasteiger partial charge is 0.373 e. The van der Waals surface area contributed by atoms with Crippen LogP contribution in [0.1, 0.15) is 38.5 Å². The first-order valence-corrected chi connectivity index (χ1v) is 5.45. The standard InChI is InChI=1S/C10H20O5/c11-9(12)5-6-10(13,14)8-4-2-1-3-7-15-8/h8-9,11-14H,1-7H2. The van der Waals surface area contributed by atoms with Crippen molar-refractivity contribution in [3.8, 4) is 0 Å². The zero-order valence-electron chi connectivity index (χ0n) is 8.80. The minimum absolute atomic E-state index is 0.0626. The number of aliphatic hydroxyl groups is 4. The van der Waals surface area contributed by atoms with Crippen molar-refractivity contribution >= 4 is 0 Å². The molecule has 1 saturated heterocycles. The summed E-state index contributed by atoms with van der Waals surface area (Å²) in [5.74, 6) is -1.95. The molecular weight excluding hydrogens is 200 g/mol. The van der Waals surface area contributed by atoms with Gasteiger partial charge in [0.05, 0.1) is 0 Å². The Bertz CT molecular complexity index is 173. The highest BCUT2D eigenvalue weighted by Gasteiger charge is 2.35. The molecule has 1 aliphatic rings. The molecule has 4 N–H and O–H groups in total. The van der Waals surface area contributed by atoms with E-state index in [9.17, 15) is 10.2 Å². The molecule has 0 saturated carbocycles. The van der Waals surface area contributed by atoms with Crippen LogP contribution in [0, 0.1) is 0 Å². The van der Waals surface area contributed by atoms with E-state index < -0.39 is 18.2 Å². The van der Waals surface area contributed by atoms with Crippen LogP contribution < -0.4 is 0 Å². The van der Waals surface area contributed by atoms with Crippen molar-refractivity contribution in [2.45, 2.75) is 56.7 Å². The Labute approximate surface area is 89.3 Å². The summed E-state index contributed by atoms with van der Waals surface area (Å²) in [6.45, 7) is 0.537. The molecule has 5 nitrogen and oxygen atoms in total. The van der Waals surface area contributed by atoms with Gasteiger partial charge in [0, 0.05) is 19.4 Å². The smallest absolute Gasteiger partial charge is 0.189 e. The minimum Gasteiger partial charge on any atom is -0.373 e. The molecule has 1 atom stereocenters. The molecule has 1 heterocycles. The van der Waals surface area contributed by atoms with Crippen LogP contribution >= 0.6 is 0 Å². The molecule has 0 aromatic heterocycles. The summed E-state index contributed by atoms with van der Waals surface area (Å²) < 4.78 is 5.34. The second-order valence-corrected chi connectivity index (χ2v) is 4.11. The van der Waals surface area contributed by atoms with Gasteiger partial charge in [0.1, 0.15) is 6.10 Å². The fraction of sp³-hybridized carbons (Fsp3) is 1.00. The quantitative estimate of drug-likeness (QED) is 0.489. The second-order valence-electron chi connectivity index (χ2n) is 4.11. The van der Waals surface area contributed by atoms with E-state index in [2.05, 4.69) is 0 Å². The van der Waals surface area contributed by atoms with Crippen molar-refractivity contribution in [3.63, 3.8) is 0 Å². The number of hydrogen-bond acceptors (Lipinski definition) is 5. The number of hydrogen-bond donors (Lipinski definition) is 4. The second kappa shape index (κ2) is 5.77. The van der Waals surface area contributed by atoms with Gasteiger partial charge in [0.2, 0.25) is 0 Å². The van der Waals surface area contributed by atoms with Gasteiger partial charge < -0.3 is 25.2 Å². The molecule has 1 aliphatic heterocycles. The summed E-state index contributed by atoms with van der Waals surface area (Å²) >= 11 is 0. The van der Waals surface area contributed by atoms with Gasteiger partial charge in [-0.3, -0.25) is 0 Å². The molecule has 1 unspecified atom stereocenters. The van der Waals surface area contributed by atoms with Gasteiger partial charge in [0.25, 0.3) is 0 Å². The third-order valence-corrected chi connectivity index (χ3v) is 2.72. The fourth-order valence-corrected chi connectivity index (χ4v) is 1.78. The molecule has 1 fully saturated rings. The van der Waals surface area contributed by atoms with Crippen molar-refractivity contribution in [3.05, 3.63) is 0 Å². The van der Waals surface area contributed by atoms with Crippen molar-refractivity contribution < 1.29 is 25.2 Å². The third kappa shape index (κ3) is 4.44. The number of aliphatic hydroxyl groups excluding tert-OH is 1. The third-order valence-electron chi connectivity index (χ3n) is 2.72. The monoisotopic (exact) mass is 220 g/mol. The fourth-order valence-electron chi connectivity index (χ4n) is 1.78. The summed E-state index contributed by atoms with van der Waals surface area (Å²) in [5.41, 5.74) is 0. The topological polar surface area (TPSA) is 90.2 Å². The highest BCUT2D eigenvalue weighted by Crippen LogP contribution is 2.25. The van der Waals surface area contributed by atoms with Crippen LogP contribution in [-0.4, -0.2) is 45.2 Å². The first kappa shape index (κ1) is 12.9. The van der Waals surface area contributed by atoms with E-state index in [0.29, 0.717) is 13.0 Å². The molecule has 0 bridgehead atoms. The molecule has 0 spiro atoms. The summed E-state index contributed by atoms with van der Waals surface area (Å²) in [4.78, 5) is 0. The molecule has 0 radical (unpaired) electrons. The molecule has 0 amide bonds. The van der Waals surface area contributed by atoms with Crippen molar-refractivity contribution in [1.29, 1.82) is 0 Å². The first-order chi connectivity index (χ1) is 7.02. The van der Waals surface area contributed by atoms with E-state index in [4.69, 9.17) is 14.9 Å². The van der Waals surface area contributed by atoms with Gasteiger partial charge in [0.15, 0.2) is 12.1 Å².